The SMILES string of the molecule is CCOC(=O)/C(N=Nc1cccc2ccccc12)=C(\C)O. The highest BCUT2D eigenvalue weighted by atomic mass is 16.5. The van der Waals surface area contributed by atoms with E-state index in [4.69, 9.17) is 4.74 Å². The number of rotatable bonds is 4. The quantitative estimate of drug-likeness (QED) is 0.394. The van der Waals surface area contributed by atoms with Crippen LogP contribution < -0.4 is 0 Å². The number of esters is 1. The molecule has 0 amide bonds. The van der Waals surface area contributed by atoms with Crippen LogP contribution in [-0.4, -0.2) is 17.7 Å². The summed E-state index contributed by atoms with van der Waals surface area (Å²) in [6, 6.07) is 13.3. The summed E-state index contributed by atoms with van der Waals surface area (Å²) in [4.78, 5) is 11.7. The van der Waals surface area contributed by atoms with Crippen LogP contribution >= 0.6 is 0 Å². The second-order valence-corrected chi connectivity index (χ2v) is 4.35. The van der Waals surface area contributed by atoms with Crippen LogP contribution in [0.15, 0.2) is 64.1 Å². The van der Waals surface area contributed by atoms with Crippen LogP contribution in [0.25, 0.3) is 10.8 Å². The number of benzene rings is 2. The molecule has 0 aromatic heterocycles. The van der Waals surface area contributed by atoms with Crippen molar-refractivity contribution in [3.05, 3.63) is 53.9 Å². The Hall–Kier alpha value is -2.69. The normalized spacial score (nSPS) is 12.5. The molecule has 0 fully saturated rings. The molecule has 0 unspecified atom stereocenters. The van der Waals surface area contributed by atoms with E-state index in [0.29, 0.717) is 5.69 Å². The fourth-order valence-corrected chi connectivity index (χ4v) is 1.86. The van der Waals surface area contributed by atoms with Crippen molar-refractivity contribution in [2.24, 2.45) is 10.2 Å². The number of hydrogen-bond acceptors (Lipinski definition) is 5. The number of hydrogen-bond donors (Lipinski definition) is 1. The van der Waals surface area contributed by atoms with E-state index < -0.39 is 5.97 Å². The fourth-order valence-electron chi connectivity index (χ4n) is 1.86. The first-order chi connectivity index (χ1) is 10.1. The third-order valence-electron chi connectivity index (χ3n) is 2.84. The molecule has 1 N–H and O–H groups in total. The van der Waals surface area contributed by atoms with Gasteiger partial charge >= 0.3 is 5.97 Å². The average Bonchev–Trinajstić information content (AvgIpc) is 2.47. The summed E-state index contributed by atoms with van der Waals surface area (Å²) < 4.78 is 4.83. The summed E-state index contributed by atoms with van der Waals surface area (Å²) in [6.45, 7) is 3.26. The summed E-state index contributed by atoms with van der Waals surface area (Å²) in [5, 5.41) is 19.4. The van der Waals surface area contributed by atoms with Crippen LogP contribution in [-0.2, 0) is 9.53 Å². The largest absolute Gasteiger partial charge is 0.510 e. The fraction of sp³-hybridized carbons (Fsp3) is 0.188. The van der Waals surface area contributed by atoms with Gasteiger partial charge in [0.2, 0.25) is 5.70 Å². The lowest BCUT2D eigenvalue weighted by Crippen LogP contribution is -2.07. The number of allylic oxidation sites excluding steroid dienone is 1. The lowest BCUT2D eigenvalue weighted by molar-refractivity contribution is -0.138. The maximum Gasteiger partial charge on any atom is 0.362 e. The van der Waals surface area contributed by atoms with Gasteiger partial charge in [0.05, 0.1) is 12.3 Å². The monoisotopic (exact) mass is 284 g/mol. The Morgan fingerprint density at radius 1 is 1.19 bits per heavy atom. The minimum absolute atomic E-state index is 0.190. The Morgan fingerprint density at radius 3 is 2.62 bits per heavy atom. The van der Waals surface area contributed by atoms with Crippen molar-refractivity contribution in [2.45, 2.75) is 13.8 Å². The number of ether oxygens (including phenoxy) is 1. The third-order valence-corrected chi connectivity index (χ3v) is 2.84. The standard InChI is InChI=1S/C16H16N2O3/c1-3-21-16(20)15(11(2)19)18-17-14-10-6-8-12-7-4-5-9-13(12)14/h4-10,19H,3H2,1-2H3/b15-11-,18-17?. The highest BCUT2D eigenvalue weighted by Gasteiger charge is 2.14. The van der Waals surface area contributed by atoms with Gasteiger partial charge in [-0.15, -0.1) is 10.2 Å². The molecule has 0 atom stereocenters. The number of carbonyl (C=O) groups excluding carboxylic acids is 1. The van der Waals surface area contributed by atoms with E-state index >= 15 is 0 Å². The molecule has 5 heteroatoms. The highest BCUT2D eigenvalue weighted by molar-refractivity contribution is 5.92. The smallest absolute Gasteiger partial charge is 0.362 e. The minimum Gasteiger partial charge on any atom is -0.510 e. The third kappa shape index (κ3) is 3.45. The van der Waals surface area contributed by atoms with E-state index in [2.05, 4.69) is 10.2 Å². The predicted octanol–water partition coefficient (Wildman–Crippen LogP) is 4.28. The molecule has 108 valence electrons. The molecule has 2 aromatic rings. The topological polar surface area (TPSA) is 71.2 Å². The Balaban J connectivity index is 2.38. The van der Waals surface area contributed by atoms with Crippen molar-refractivity contribution in [3.63, 3.8) is 0 Å². The Bertz CT molecular complexity index is 711. The van der Waals surface area contributed by atoms with E-state index in [-0.39, 0.29) is 18.1 Å². The van der Waals surface area contributed by atoms with Gasteiger partial charge in [-0.25, -0.2) is 4.79 Å². The molecule has 0 spiro atoms. The van der Waals surface area contributed by atoms with Gasteiger partial charge < -0.3 is 9.84 Å². The van der Waals surface area contributed by atoms with Crippen molar-refractivity contribution >= 4 is 22.4 Å². The van der Waals surface area contributed by atoms with Gasteiger partial charge in [0.1, 0.15) is 5.76 Å². The highest BCUT2D eigenvalue weighted by Crippen LogP contribution is 2.26. The first kappa shape index (κ1) is 14.7. The molecule has 0 aliphatic heterocycles. The summed E-state index contributed by atoms with van der Waals surface area (Å²) in [5.74, 6) is -0.918. The second kappa shape index (κ2) is 6.65. The summed E-state index contributed by atoms with van der Waals surface area (Å²) in [6.07, 6.45) is 0. The number of nitrogens with zero attached hydrogens (tertiary/aromatic N) is 2. The van der Waals surface area contributed by atoms with Crippen LogP contribution in [0.3, 0.4) is 0 Å². The maximum absolute atomic E-state index is 11.7. The summed E-state index contributed by atoms with van der Waals surface area (Å²) >= 11 is 0. The van der Waals surface area contributed by atoms with Gasteiger partial charge in [0.15, 0.2) is 0 Å². The Morgan fingerprint density at radius 2 is 1.90 bits per heavy atom. The first-order valence-corrected chi connectivity index (χ1v) is 6.60. The predicted molar refractivity (Wildman–Crippen MR) is 80.4 cm³/mol. The van der Waals surface area contributed by atoms with Crippen molar-refractivity contribution in [1.82, 2.24) is 0 Å². The van der Waals surface area contributed by atoms with E-state index in [1.54, 1.807) is 13.0 Å². The Kier molecular flexibility index (Phi) is 4.66. The van der Waals surface area contributed by atoms with Gasteiger partial charge in [-0.3, -0.25) is 0 Å². The number of carbonyl (C=O) groups is 1. The molecule has 2 rings (SSSR count). The lowest BCUT2D eigenvalue weighted by Gasteiger charge is -2.03. The molecule has 0 bridgehead atoms. The summed E-state index contributed by atoms with van der Waals surface area (Å²) in [7, 11) is 0. The number of fused-ring (bicyclic) bond motifs is 1. The van der Waals surface area contributed by atoms with Crippen molar-refractivity contribution in [1.29, 1.82) is 0 Å². The maximum atomic E-state index is 11.7. The Labute approximate surface area is 122 Å². The number of azo groups is 1. The first-order valence-electron chi connectivity index (χ1n) is 6.60. The van der Waals surface area contributed by atoms with Crippen molar-refractivity contribution in [3.8, 4) is 0 Å². The molecule has 0 radical (unpaired) electrons. The van der Waals surface area contributed by atoms with Crippen LogP contribution in [0.4, 0.5) is 5.69 Å². The zero-order valence-electron chi connectivity index (χ0n) is 11.9. The average molecular weight is 284 g/mol. The second-order valence-electron chi connectivity index (χ2n) is 4.35. The van der Waals surface area contributed by atoms with Gasteiger partial charge in [-0.05, 0) is 25.3 Å². The molecule has 0 heterocycles. The summed E-state index contributed by atoms with van der Waals surface area (Å²) in [5.41, 5.74) is 0.431. The van der Waals surface area contributed by atoms with Crippen molar-refractivity contribution in [2.75, 3.05) is 6.61 Å². The zero-order valence-corrected chi connectivity index (χ0v) is 11.9. The molecule has 0 aliphatic rings. The molecular formula is C16H16N2O3. The number of aliphatic hydroxyl groups is 1. The van der Waals surface area contributed by atoms with Crippen LogP contribution in [0.1, 0.15) is 13.8 Å². The van der Waals surface area contributed by atoms with Gasteiger partial charge in [0.25, 0.3) is 0 Å². The zero-order chi connectivity index (χ0) is 15.2. The molecular weight excluding hydrogens is 268 g/mol. The van der Waals surface area contributed by atoms with Gasteiger partial charge in [-0.2, -0.15) is 0 Å². The van der Waals surface area contributed by atoms with E-state index in [1.807, 2.05) is 36.4 Å². The van der Waals surface area contributed by atoms with Crippen molar-refractivity contribution < 1.29 is 14.6 Å². The molecule has 2 aromatic carbocycles. The van der Waals surface area contributed by atoms with Gasteiger partial charge in [0, 0.05) is 5.39 Å². The molecule has 21 heavy (non-hydrogen) atoms. The lowest BCUT2D eigenvalue weighted by atomic mass is 10.1. The van der Waals surface area contributed by atoms with Crippen LogP contribution in [0.2, 0.25) is 0 Å². The molecule has 0 aliphatic carbocycles. The molecule has 0 saturated carbocycles. The van der Waals surface area contributed by atoms with E-state index in [9.17, 15) is 9.90 Å². The van der Waals surface area contributed by atoms with Gasteiger partial charge in [-0.1, -0.05) is 36.4 Å². The van der Waals surface area contributed by atoms with Crippen LogP contribution in [0.5, 0.6) is 0 Å². The van der Waals surface area contributed by atoms with E-state index in [0.717, 1.165) is 10.8 Å². The molecule has 0 saturated heterocycles. The van der Waals surface area contributed by atoms with Crippen LogP contribution in [0, 0.1) is 0 Å². The van der Waals surface area contributed by atoms with E-state index in [1.165, 1.54) is 6.92 Å². The minimum atomic E-state index is -0.693. The number of aliphatic hydroxyl groups excluding tert-OH is 1. The molecule has 5 nitrogen and oxygen atoms in total.